The van der Waals surface area contributed by atoms with Gasteiger partial charge in [-0.15, -0.1) is 0 Å². The van der Waals surface area contributed by atoms with Crippen molar-refractivity contribution in [2.24, 2.45) is 11.3 Å². The van der Waals surface area contributed by atoms with Crippen molar-refractivity contribution < 1.29 is 9.90 Å². The minimum absolute atomic E-state index is 0.0514. The van der Waals surface area contributed by atoms with Crippen LogP contribution in [0.15, 0.2) is 34.9 Å². The minimum Gasteiger partial charge on any atom is -0.389 e. The quantitative estimate of drug-likeness (QED) is 0.670. The lowest BCUT2D eigenvalue weighted by Gasteiger charge is -2.42. The molecule has 3 aliphatic rings. The molecule has 0 aromatic rings. The van der Waals surface area contributed by atoms with Crippen molar-refractivity contribution in [3.8, 4) is 0 Å². The van der Waals surface area contributed by atoms with Crippen LogP contribution in [0.25, 0.3) is 0 Å². The van der Waals surface area contributed by atoms with Gasteiger partial charge in [-0.25, -0.2) is 0 Å². The fourth-order valence-electron chi connectivity index (χ4n) is 4.85. The molecule has 0 spiro atoms. The monoisotopic (exact) mass is 315 g/mol. The molecule has 3 heteroatoms. The van der Waals surface area contributed by atoms with Crippen molar-refractivity contribution in [2.45, 2.75) is 71.4 Å². The smallest absolute Gasteiger partial charge is 0.247 e. The highest BCUT2D eigenvalue weighted by molar-refractivity contribution is 5.98. The summed E-state index contributed by atoms with van der Waals surface area (Å²) in [7, 11) is 0. The molecule has 2 N–H and O–H groups in total. The highest BCUT2D eigenvalue weighted by Crippen LogP contribution is 2.51. The zero-order valence-electron chi connectivity index (χ0n) is 14.6. The maximum atomic E-state index is 12.4. The van der Waals surface area contributed by atoms with Crippen LogP contribution in [-0.2, 0) is 4.79 Å². The molecule has 0 unspecified atom stereocenters. The summed E-state index contributed by atoms with van der Waals surface area (Å²) in [6.45, 7) is 10.8. The summed E-state index contributed by atoms with van der Waals surface area (Å²) in [5, 5.41) is 13.4. The van der Waals surface area contributed by atoms with Crippen molar-refractivity contribution in [1.82, 2.24) is 5.32 Å². The van der Waals surface area contributed by atoms with Gasteiger partial charge in [0.05, 0.1) is 12.1 Å². The Bertz CT molecular complexity index is 597. The molecule has 2 aliphatic carbocycles. The van der Waals surface area contributed by atoms with E-state index in [0.717, 1.165) is 48.8 Å². The Labute approximate surface area is 139 Å². The van der Waals surface area contributed by atoms with Crippen molar-refractivity contribution in [1.29, 1.82) is 0 Å². The summed E-state index contributed by atoms with van der Waals surface area (Å²) in [5.74, 6) is 0.707. The average Bonchev–Trinajstić information content (AvgIpc) is 2.73. The molecule has 3 atom stereocenters. The fraction of sp³-hybridized carbons (Fsp3) is 0.650. The van der Waals surface area contributed by atoms with E-state index >= 15 is 0 Å². The van der Waals surface area contributed by atoms with E-state index in [2.05, 4.69) is 32.7 Å². The van der Waals surface area contributed by atoms with Crippen LogP contribution in [0.2, 0.25) is 0 Å². The molecule has 0 aromatic heterocycles. The molecule has 1 aliphatic heterocycles. The molecule has 3 rings (SSSR count). The third kappa shape index (κ3) is 3.03. The van der Waals surface area contributed by atoms with Crippen LogP contribution in [0.3, 0.4) is 0 Å². The normalized spacial score (nSPS) is 36.7. The zero-order chi connectivity index (χ0) is 16.8. The second kappa shape index (κ2) is 5.94. The van der Waals surface area contributed by atoms with E-state index in [1.165, 1.54) is 5.57 Å². The number of hydrogen-bond acceptors (Lipinski definition) is 2. The third-order valence-corrected chi connectivity index (χ3v) is 6.06. The first kappa shape index (κ1) is 16.5. The molecule has 0 fully saturated rings. The summed E-state index contributed by atoms with van der Waals surface area (Å²) in [6, 6.07) is 0.0985. The molecular weight excluding hydrogens is 286 g/mol. The second-order valence-corrected chi connectivity index (χ2v) is 8.15. The SMILES string of the molecule is C=C1CC[C@@H]2CCC3=C([C@@H](C/C(C)=C\[C@@H](O)C1)NC3=O)C2(C)C. The predicted molar refractivity (Wildman–Crippen MR) is 92.8 cm³/mol. The van der Waals surface area contributed by atoms with Crippen LogP contribution in [0, 0.1) is 11.3 Å². The van der Waals surface area contributed by atoms with E-state index < -0.39 is 6.10 Å². The van der Waals surface area contributed by atoms with Gasteiger partial charge in [-0.1, -0.05) is 37.6 Å². The lowest BCUT2D eigenvalue weighted by molar-refractivity contribution is -0.117. The van der Waals surface area contributed by atoms with Crippen LogP contribution >= 0.6 is 0 Å². The van der Waals surface area contributed by atoms with E-state index in [9.17, 15) is 9.90 Å². The number of carbonyl (C=O) groups excluding carboxylic acids is 1. The second-order valence-electron chi connectivity index (χ2n) is 8.15. The Hall–Kier alpha value is -1.35. The number of hydrogen-bond donors (Lipinski definition) is 2. The number of aliphatic hydroxyl groups excluding tert-OH is 1. The molecule has 1 amide bonds. The Kier molecular flexibility index (Phi) is 4.26. The number of nitrogens with one attached hydrogen (secondary N) is 1. The number of amides is 1. The Morgan fingerprint density at radius 1 is 1.26 bits per heavy atom. The first-order chi connectivity index (χ1) is 10.8. The van der Waals surface area contributed by atoms with E-state index in [0.29, 0.717) is 12.3 Å². The van der Waals surface area contributed by atoms with Crippen LogP contribution in [-0.4, -0.2) is 23.2 Å². The van der Waals surface area contributed by atoms with Gasteiger partial charge in [0.2, 0.25) is 5.91 Å². The summed E-state index contributed by atoms with van der Waals surface area (Å²) < 4.78 is 0. The van der Waals surface area contributed by atoms with Gasteiger partial charge < -0.3 is 10.4 Å². The van der Waals surface area contributed by atoms with Crippen molar-refractivity contribution in [3.05, 3.63) is 34.9 Å². The van der Waals surface area contributed by atoms with E-state index in [1.807, 2.05) is 6.08 Å². The number of aliphatic hydroxyl groups is 1. The Morgan fingerprint density at radius 2 is 1.96 bits per heavy atom. The van der Waals surface area contributed by atoms with Crippen LogP contribution < -0.4 is 5.32 Å². The maximum Gasteiger partial charge on any atom is 0.247 e. The molecule has 0 radical (unpaired) electrons. The molecule has 0 saturated carbocycles. The minimum atomic E-state index is -0.458. The summed E-state index contributed by atoms with van der Waals surface area (Å²) in [5.41, 5.74) is 4.68. The van der Waals surface area contributed by atoms with Gasteiger partial charge in [-0.05, 0) is 62.4 Å². The molecule has 23 heavy (non-hydrogen) atoms. The molecule has 0 saturated heterocycles. The van der Waals surface area contributed by atoms with Gasteiger partial charge in [0.1, 0.15) is 0 Å². The van der Waals surface area contributed by atoms with Gasteiger partial charge in [0.25, 0.3) is 0 Å². The topological polar surface area (TPSA) is 49.3 Å². The van der Waals surface area contributed by atoms with Gasteiger partial charge in [0.15, 0.2) is 0 Å². The van der Waals surface area contributed by atoms with Crippen LogP contribution in [0.1, 0.15) is 59.3 Å². The lowest BCUT2D eigenvalue weighted by Crippen LogP contribution is -2.37. The van der Waals surface area contributed by atoms with Crippen molar-refractivity contribution in [2.75, 3.05) is 0 Å². The van der Waals surface area contributed by atoms with E-state index in [4.69, 9.17) is 0 Å². The molecule has 1 heterocycles. The van der Waals surface area contributed by atoms with E-state index in [-0.39, 0.29) is 17.4 Å². The summed E-state index contributed by atoms with van der Waals surface area (Å²) in [6.07, 6.45) is 6.97. The highest BCUT2D eigenvalue weighted by atomic mass is 16.3. The zero-order valence-corrected chi connectivity index (χ0v) is 14.6. The van der Waals surface area contributed by atoms with Gasteiger partial charge in [-0.3, -0.25) is 4.79 Å². The number of carbonyl (C=O) groups is 1. The van der Waals surface area contributed by atoms with Crippen molar-refractivity contribution >= 4 is 5.91 Å². The highest BCUT2D eigenvalue weighted by Gasteiger charge is 2.46. The van der Waals surface area contributed by atoms with Crippen molar-refractivity contribution in [3.63, 3.8) is 0 Å². The van der Waals surface area contributed by atoms with Gasteiger partial charge in [0, 0.05) is 5.57 Å². The number of rotatable bonds is 0. The summed E-state index contributed by atoms with van der Waals surface area (Å²) >= 11 is 0. The first-order valence-electron chi connectivity index (χ1n) is 8.85. The van der Waals surface area contributed by atoms with Gasteiger partial charge in [-0.2, -0.15) is 0 Å². The largest absolute Gasteiger partial charge is 0.389 e. The molecule has 126 valence electrons. The van der Waals surface area contributed by atoms with Crippen LogP contribution in [0.4, 0.5) is 0 Å². The molecule has 2 bridgehead atoms. The average molecular weight is 315 g/mol. The van der Waals surface area contributed by atoms with Crippen LogP contribution in [0.5, 0.6) is 0 Å². The maximum absolute atomic E-state index is 12.4. The predicted octanol–water partition coefficient (Wildman–Crippen LogP) is 3.66. The lowest BCUT2D eigenvalue weighted by atomic mass is 9.62. The molecule has 0 aromatic carbocycles. The first-order valence-corrected chi connectivity index (χ1v) is 8.85. The fourth-order valence-corrected chi connectivity index (χ4v) is 4.85. The summed E-state index contributed by atoms with van der Waals surface area (Å²) in [4.78, 5) is 12.4. The van der Waals surface area contributed by atoms with E-state index in [1.54, 1.807) is 0 Å². The third-order valence-electron chi connectivity index (χ3n) is 6.06. The number of fused-ring (bicyclic) bond motifs is 1. The van der Waals surface area contributed by atoms with Gasteiger partial charge >= 0.3 is 0 Å². The Morgan fingerprint density at radius 3 is 2.70 bits per heavy atom. The molecule has 3 nitrogen and oxygen atoms in total. The standard InChI is InChI=1S/C20H29NO2/c1-12-5-6-14-7-8-16-18(20(14,3)4)17(21-19(16)23)11-13(2)10-15(22)9-12/h10,14-15,17,22H,1,5-9,11H2,2-4H3,(H,21,23)/b13-10-/t14-,15+,17-/m1/s1. The molecular formula is C20H29NO2. The Balaban J connectivity index is 2.01.